The van der Waals surface area contributed by atoms with Gasteiger partial charge in [-0.25, -0.2) is 4.98 Å². The summed E-state index contributed by atoms with van der Waals surface area (Å²) in [6, 6.07) is 0.413. The van der Waals surface area contributed by atoms with Crippen LogP contribution in [0.4, 0.5) is 0 Å². The predicted octanol–water partition coefficient (Wildman–Crippen LogP) is 2.51. The van der Waals surface area contributed by atoms with Crippen LogP contribution in [0.2, 0.25) is 0 Å². The van der Waals surface area contributed by atoms with Crippen LogP contribution in [0.1, 0.15) is 57.2 Å². The molecule has 132 valence electrons. The largest absolute Gasteiger partial charge is 0.345 e. The van der Waals surface area contributed by atoms with Gasteiger partial charge in [-0.05, 0) is 45.4 Å². The number of imidazole rings is 1. The lowest BCUT2D eigenvalue weighted by molar-refractivity contribution is -0.145. The van der Waals surface area contributed by atoms with Gasteiger partial charge >= 0.3 is 0 Å². The zero-order chi connectivity index (χ0) is 16.9. The van der Waals surface area contributed by atoms with E-state index in [0.29, 0.717) is 11.9 Å². The number of rotatable bonds is 4. The molecule has 1 aromatic rings. The fourth-order valence-electron chi connectivity index (χ4n) is 4.69. The summed E-state index contributed by atoms with van der Waals surface area (Å²) in [6.07, 6.45) is 8.97. The number of carbonyl (C=O) groups excluding carboxylic acids is 1. The molecule has 0 unspecified atom stereocenters. The molecule has 0 radical (unpaired) electrons. The molecule has 1 aliphatic carbocycles. The highest BCUT2D eigenvalue weighted by Gasteiger charge is 2.55. The van der Waals surface area contributed by atoms with Crippen molar-refractivity contribution in [3.05, 3.63) is 18.2 Å². The molecule has 2 saturated heterocycles. The maximum Gasteiger partial charge on any atom is 0.230 e. The van der Waals surface area contributed by atoms with E-state index in [0.717, 1.165) is 44.1 Å². The Hall–Kier alpha value is -1.36. The summed E-state index contributed by atoms with van der Waals surface area (Å²) in [5, 5.41) is 0. The van der Waals surface area contributed by atoms with Gasteiger partial charge in [0.05, 0.1) is 17.4 Å². The Morgan fingerprint density at radius 3 is 2.83 bits per heavy atom. The monoisotopic (exact) mass is 330 g/mol. The summed E-state index contributed by atoms with van der Waals surface area (Å²) in [5.41, 5.74) is 0.864. The van der Waals surface area contributed by atoms with E-state index in [-0.39, 0.29) is 11.3 Å². The number of carbonyl (C=O) groups is 1. The summed E-state index contributed by atoms with van der Waals surface area (Å²) in [6.45, 7) is 8.33. The maximum atomic E-state index is 13.2. The quantitative estimate of drug-likeness (QED) is 0.852. The Morgan fingerprint density at radius 1 is 1.38 bits per heavy atom. The van der Waals surface area contributed by atoms with E-state index in [1.807, 2.05) is 18.3 Å². The number of hydrogen-bond donors (Lipinski definition) is 0. The lowest BCUT2D eigenvalue weighted by Gasteiger charge is -2.40. The molecule has 3 aliphatic rings. The summed E-state index contributed by atoms with van der Waals surface area (Å²) in [4.78, 5) is 22.4. The number of hydrogen-bond acceptors (Lipinski definition) is 3. The lowest BCUT2D eigenvalue weighted by Crippen LogP contribution is -2.50. The Balaban J connectivity index is 1.65. The average molecular weight is 330 g/mol. The first kappa shape index (κ1) is 16.1. The van der Waals surface area contributed by atoms with Crippen LogP contribution in [0, 0.1) is 11.3 Å². The second-order valence-electron chi connectivity index (χ2n) is 8.52. The van der Waals surface area contributed by atoms with Crippen molar-refractivity contribution in [2.75, 3.05) is 33.2 Å². The van der Waals surface area contributed by atoms with E-state index in [4.69, 9.17) is 4.98 Å². The highest BCUT2D eigenvalue weighted by Crippen LogP contribution is 2.49. The fourth-order valence-corrected chi connectivity index (χ4v) is 4.69. The molecule has 0 aromatic carbocycles. The molecule has 24 heavy (non-hydrogen) atoms. The SMILES string of the molecule is CC(C)n1cnc([C@@H]2CN(CC3CC3)C[C@@]23CCCN(C)C3=O)c1. The van der Waals surface area contributed by atoms with Gasteiger partial charge in [-0.1, -0.05) is 0 Å². The lowest BCUT2D eigenvalue weighted by atomic mass is 9.70. The van der Waals surface area contributed by atoms with Gasteiger partial charge < -0.3 is 14.4 Å². The minimum absolute atomic E-state index is 0.242. The van der Waals surface area contributed by atoms with E-state index >= 15 is 0 Å². The second kappa shape index (κ2) is 5.87. The Labute approximate surface area is 145 Å². The zero-order valence-corrected chi connectivity index (χ0v) is 15.2. The van der Waals surface area contributed by atoms with Crippen molar-refractivity contribution in [3.63, 3.8) is 0 Å². The molecule has 0 N–H and O–H groups in total. The molecule has 1 amide bonds. The first-order chi connectivity index (χ1) is 11.5. The molecule has 3 heterocycles. The summed E-state index contributed by atoms with van der Waals surface area (Å²) < 4.78 is 2.17. The molecule has 4 rings (SSSR count). The zero-order valence-electron chi connectivity index (χ0n) is 15.2. The molecule has 0 bridgehead atoms. The summed E-state index contributed by atoms with van der Waals surface area (Å²) in [7, 11) is 1.97. The van der Waals surface area contributed by atoms with Crippen LogP contribution in [0.3, 0.4) is 0 Å². The Kier molecular flexibility index (Phi) is 3.94. The van der Waals surface area contributed by atoms with E-state index in [1.165, 1.54) is 19.4 Å². The van der Waals surface area contributed by atoms with Crippen LogP contribution >= 0.6 is 0 Å². The molecule has 2 atom stereocenters. The van der Waals surface area contributed by atoms with Crippen LogP contribution in [0.15, 0.2) is 12.5 Å². The van der Waals surface area contributed by atoms with Gasteiger partial charge in [0.25, 0.3) is 0 Å². The fraction of sp³-hybridized carbons (Fsp3) is 0.789. The molecule has 1 spiro atoms. The molecule has 5 heteroatoms. The van der Waals surface area contributed by atoms with Crippen LogP contribution in [0.5, 0.6) is 0 Å². The molecule has 2 aliphatic heterocycles. The number of aromatic nitrogens is 2. The third kappa shape index (κ3) is 2.67. The predicted molar refractivity (Wildman–Crippen MR) is 93.8 cm³/mol. The normalized spacial score (nSPS) is 31.6. The van der Waals surface area contributed by atoms with E-state index in [9.17, 15) is 4.79 Å². The van der Waals surface area contributed by atoms with Crippen molar-refractivity contribution in [1.82, 2.24) is 19.4 Å². The van der Waals surface area contributed by atoms with Crippen LogP contribution in [0.25, 0.3) is 0 Å². The number of likely N-dealkylation sites (tertiary alicyclic amines) is 2. The van der Waals surface area contributed by atoms with E-state index in [2.05, 4.69) is 29.5 Å². The van der Waals surface area contributed by atoms with Crippen LogP contribution in [-0.2, 0) is 4.79 Å². The van der Waals surface area contributed by atoms with Crippen molar-refractivity contribution in [2.24, 2.45) is 11.3 Å². The van der Waals surface area contributed by atoms with Crippen molar-refractivity contribution < 1.29 is 4.79 Å². The van der Waals surface area contributed by atoms with Crippen molar-refractivity contribution in [2.45, 2.75) is 51.5 Å². The number of amides is 1. The first-order valence-corrected chi connectivity index (χ1v) is 9.51. The molecule has 1 saturated carbocycles. The minimum atomic E-state index is -0.252. The third-order valence-corrected chi connectivity index (χ3v) is 6.29. The highest BCUT2D eigenvalue weighted by atomic mass is 16.2. The van der Waals surface area contributed by atoms with Crippen LogP contribution < -0.4 is 0 Å². The van der Waals surface area contributed by atoms with Gasteiger partial charge in [-0.2, -0.15) is 0 Å². The van der Waals surface area contributed by atoms with Crippen molar-refractivity contribution in [3.8, 4) is 0 Å². The average Bonchev–Trinajstić information content (AvgIpc) is 3.09. The van der Waals surface area contributed by atoms with Gasteiger partial charge in [0, 0.05) is 51.4 Å². The molecule has 3 fully saturated rings. The van der Waals surface area contributed by atoms with Crippen molar-refractivity contribution >= 4 is 5.91 Å². The van der Waals surface area contributed by atoms with Gasteiger partial charge in [0.1, 0.15) is 0 Å². The number of nitrogens with zero attached hydrogens (tertiary/aromatic N) is 4. The minimum Gasteiger partial charge on any atom is -0.345 e. The Bertz CT molecular complexity index is 621. The number of piperidine rings is 1. The topological polar surface area (TPSA) is 41.4 Å². The summed E-state index contributed by atoms with van der Waals surface area (Å²) >= 11 is 0. The van der Waals surface area contributed by atoms with Gasteiger partial charge in [0.2, 0.25) is 5.91 Å². The van der Waals surface area contributed by atoms with Gasteiger partial charge in [-0.3, -0.25) is 4.79 Å². The molecular formula is C19H30N4O. The smallest absolute Gasteiger partial charge is 0.230 e. The molecular weight excluding hydrogens is 300 g/mol. The van der Waals surface area contributed by atoms with E-state index < -0.39 is 0 Å². The van der Waals surface area contributed by atoms with Crippen LogP contribution in [-0.4, -0.2) is 58.5 Å². The van der Waals surface area contributed by atoms with Gasteiger partial charge in [-0.15, -0.1) is 0 Å². The van der Waals surface area contributed by atoms with Crippen molar-refractivity contribution in [1.29, 1.82) is 0 Å². The summed E-state index contributed by atoms with van der Waals surface area (Å²) in [5.74, 6) is 1.45. The Morgan fingerprint density at radius 2 is 2.17 bits per heavy atom. The van der Waals surface area contributed by atoms with Gasteiger partial charge in [0.15, 0.2) is 0 Å². The maximum absolute atomic E-state index is 13.2. The first-order valence-electron chi connectivity index (χ1n) is 9.51. The second-order valence-corrected chi connectivity index (χ2v) is 8.52. The highest BCUT2D eigenvalue weighted by molar-refractivity contribution is 5.85. The third-order valence-electron chi connectivity index (χ3n) is 6.29. The molecule has 1 aromatic heterocycles. The molecule has 5 nitrogen and oxygen atoms in total. The van der Waals surface area contributed by atoms with E-state index in [1.54, 1.807) is 0 Å². The standard InChI is InChI=1S/C19H30N4O/c1-14(2)23-11-17(20-13-23)16-10-22(9-15-5-6-15)12-19(16)7-4-8-21(3)18(19)24/h11,13-16H,4-10,12H2,1-3H3/t16-,19-/m0/s1.